The average Bonchev–Trinajstić information content (AvgIpc) is 2.73. The lowest BCUT2D eigenvalue weighted by Gasteiger charge is -2.11. The van der Waals surface area contributed by atoms with Crippen LogP contribution in [0.25, 0.3) is 5.69 Å². The van der Waals surface area contributed by atoms with E-state index in [4.69, 9.17) is 0 Å². The number of aromatic nitrogens is 2. The van der Waals surface area contributed by atoms with Gasteiger partial charge in [0.1, 0.15) is 11.4 Å². The van der Waals surface area contributed by atoms with E-state index < -0.39 is 11.9 Å². The van der Waals surface area contributed by atoms with Crippen LogP contribution >= 0.6 is 22.6 Å². The summed E-state index contributed by atoms with van der Waals surface area (Å²) < 4.78 is 39.9. The first-order valence-electron chi connectivity index (χ1n) is 4.81. The molecule has 0 aliphatic heterocycles. The van der Waals surface area contributed by atoms with Gasteiger partial charge in [0.25, 0.3) is 0 Å². The Labute approximate surface area is 114 Å². The first-order valence-corrected chi connectivity index (χ1v) is 5.88. The van der Waals surface area contributed by atoms with Crippen molar-refractivity contribution in [2.24, 2.45) is 0 Å². The average molecular weight is 366 g/mol. The summed E-state index contributed by atoms with van der Waals surface area (Å²) in [7, 11) is 0. The Kier molecular flexibility index (Phi) is 3.42. The molecule has 2 rings (SSSR count). The van der Waals surface area contributed by atoms with E-state index in [0.29, 0.717) is 15.5 Å². The van der Waals surface area contributed by atoms with Crippen molar-refractivity contribution in [2.45, 2.75) is 6.18 Å². The molecule has 0 unspecified atom stereocenters. The van der Waals surface area contributed by atoms with Crippen molar-refractivity contribution in [1.29, 1.82) is 0 Å². The van der Waals surface area contributed by atoms with Crippen LogP contribution in [0.2, 0.25) is 0 Å². The van der Waals surface area contributed by atoms with Gasteiger partial charge in [-0.3, -0.25) is 4.79 Å². The van der Waals surface area contributed by atoms with E-state index in [0.717, 1.165) is 10.7 Å². The molecule has 1 heterocycles. The zero-order valence-corrected chi connectivity index (χ0v) is 10.9. The molecule has 0 aliphatic rings. The third-order valence-corrected chi connectivity index (χ3v) is 3.13. The lowest BCUT2D eigenvalue weighted by atomic mass is 10.3. The second-order valence-electron chi connectivity index (χ2n) is 3.43. The van der Waals surface area contributed by atoms with Crippen molar-refractivity contribution in [3.8, 4) is 5.69 Å². The van der Waals surface area contributed by atoms with Crippen molar-refractivity contribution in [3.05, 3.63) is 45.3 Å². The molecule has 0 fully saturated rings. The Morgan fingerprint density at radius 1 is 1.28 bits per heavy atom. The normalized spacial score (nSPS) is 11.6. The smallest absolute Gasteiger partial charge is 0.296 e. The van der Waals surface area contributed by atoms with Crippen LogP contribution in [0.1, 0.15) is 16.2 Å². The van der Waals surface area contributed by atoms with Gasteiger partial charge in [-0.2, -0.15) is 18.3 Å². The monoisotopic (exact) mass is 366 g/mol. The number of carbonyl (C=O) groups excluding carboxylic acids is 1. The van der Waals surface area contributed by atoms with Crippen LogP contribution in [-0.4, -0.2) is 16.1 Å². The van der Waals surface area contributed by atoms with Crippen LogP contribution in [0, 0.1) is 3.57 Å². The first-order chi connectivity index (χ1) is 8.43. The van der Waals surface area contributed by atoms with Gasteiger partial charge < -0.3 is 0 Å². The second kappa shape index (κ2) is 4.71. The van der Waals surface area contributed by atoms with Gasteiger partial charge in [0.15, 0.2) is 6.29 Å². The van der Waals surface area contributed by atoms with Gasteiger partial charge in [-0.1, -0.05) is 12.1 Å². The standard InChI is InChI=1S/C11H6F3IN2O/c12-11(13,14)10-5-7(6-18)16-17(10)9-4-2-1-3-8(9)15/h1-6H. The zero-order valence-electron chi connectivity index (χ0n) is 8.78. The molecule has 18 heavy (non-hydrogen) atoms. The minimum absolute atomic E-state index is 0.248. The van der Waals surface area contributed by atoms with E-state index in [1.165, 1.54) is 6.07 Å². The van der Waals surface area contributed by atoms with Gasteiger partial charge in [-0.05, 0) is 40.8 Å². The van der Waals surface area contributed by atoms with Crippen molar-refractivity contribution >= 4 is 28.9 Å². The molecule has 0 aliphatic carbocycles. The van der Waals surface area contributed by atoms with Gasteiger partial charge in [-0.15, -0.1) is 0 Å². The van der Waals surface area contributed by atoms with Crippen molar-refractivity contribution in [2.75, 3.05) is 0 Å². The topological polar surface area (TPSA) is 34.9 Å². The Hall–Kier alpha value is -1.38. The quantitative estimate of drug-likeness (QED) is 0.604. The number of carbonyl (C=O) groups is 1. The predicted octanol–water partition coefficient (Wildman–Crippen LogP) is 3.31. The van der Waals surface area contributed by atoms with Crippen LogP contribution < -0.4 is 0 Å². The number of para-hydroxylation sites is 1. The van der Waals surface area contributed by atoms with E-state index in [-0.39, 0.29) is 5.69 Å². The summed E-state index contributed by atoms with van der Waals surface area (Å²) >= 11 is 1.91. The third-order valence-electron chi connectivity index (χ3n) is 2.22. The highest BCUT2D eigenvalue weighted by atomic mass is 127. The van der Waals surface area contributed by atoms with Crippen LogP contribution in [0.3, 0.4) is 0 Å². The Bertz CT molecular complexity index is 592. The molecule has 2 aromatic rings. The largest absolute Gasteiger partial charge is 0.433 e. The summed E-state index contributed by atoms with van der Waals surface area (Å²) in [6.07, 6.45) is -4.27. The summed E-state index contributed by atoms with van der Waals surface area (Å²) in [5.74, 6) is 0. The molecule has 0 radical (unpaired) electrons. The van der Waals surface area contributed by atoms with Crippen LogP contribution in [0.15, 0.2) is 30.3 Å². The molecule has 0 spiro atoms. The van der Waals surface area contributed by atoms with Crippen molar-refractivity contribution in [1.82, 2.24) is 9.78 Å². The predicted molar refractivity (Wildman–Crippen MR) is 66.7 cm³/mol. The molecule has 7 heteroatoms. The number of alkyl halides is 3. The summed E-state index contributed by atoms with van der Waals surface area (Å²) in [4.78, 5) is 10.6. The fourth-order valence-corrected chi connectivity index (χ4v) is 2.08. The van der Waals surface area contributed by atoms with Crippen molar-refractivity contribution in [3.63, 3.8) is 0 Å². The molecule has 0 bridgehead atoms. The molecular weight excluding hydrogens is 360 g/mol. The van der Waals surface area contributed by atoms with Gasteiger partial charge in [0.05, 0.1) is 5.69 Å². The lowest BCUT2D eigenvalue weighted by molar-refractivity contribution is -0.142. The Morgan fingerprint density at radius 3 is 2.50 bits per heavy atom. The molecule has 94 valence electrons. The summed E-state index contributed by atoms with van der Waals surface area (Å²) in [5, 5.41) is 3.65. The SMILES string of the molecule is O=Cc1cc(C(F)(F)F)n(-c2ccccc2I)n1. The highest BCUT2D eigenvalue weighted by Gasteiger charge is 2.36. The number of nitrogens with zero attached hydrogens (tertiary/aromatic N) is 2. The van der Waals surface area contributed by atoms with Crippen LogP contribution in [0.4, 0.5) is 13.2 Å². The van der Waals surface area contributed by atoms with Gasteiger partial charge in [-0.25, -0.2) is 4.68 Å². The number of rotatable bonds is 2. The number of benzene rings is 1. The molecule has 1 aromatic carbocycles. The number of halogens is 4. The minimum atomic E-state index is -4.56. The highest BCUT2D eigenvalue weighted by molar-refractivity contribution is 14.1. The molecule has 0 amide bonds. The Balaban J connectivity index is 2.67. The Morgan fingerprint density at radius 2 is 1.94 bits per heavy atom. The van der Waals surface area contributed by atoms with Crippen LogP contribution in [-0.2, 0) is 6.18 Å². The van der Waals surface area contributed by atoms with Gasteiger partial charge in [0, 0.05) is 3.57 Å². The summed E-state index contributed by atoms with van der Waals surface area (Å²) in [6, 6.07) is 7.23. The molecule has 0 saturated carbocycles. The minimum Gasteiger partial charge on any atom is -0.296 e. The molecule has 0 atom stereocenters. The van der Waals surface area contributed by atoms with E-state index in [2.05, 4.69) is 5.10 Å². The first kappa shape index (κ1) is 13.1. The maximum atomic E-state index is 12.8. The van der Waals surface area contributed by atoms with Gasteiger partial charge in [0.2, 0.25) is 0 Å². The fourth-order valence-electron chi connectivity index (χ4n) is 1.47. The number of aldehydes is 1. The zero-order chi connectivity index (χ0) is 13.3. The second-order valence-corrected chi connectivity index (χ2v) is 4.60. The van der Waals surface area contributed by atoms with Crippen LogP contribution in [0.5, 0.6) is 0 Å². The van der Waals surface area contributed by atoms with E-state index >= 15 is 0 Å². The maximum Gasteiger partial charge on any atom is 0.433 e. The molecule has 1 aromatic heterocycles. The number of hydrogen-bond donors (Lipinski definition) is 0. The molecule has 3 nitrogen and oxygen atoms in total. The maximum absolute atomic E-state index is 12.8. The van der Waals surface area contributed by atoms with E-state index in [1.807, 2.05) is 22.6 Å². The summed E-state index contributed by atoms with van der Waals surface area (Å²) in [6.45, 7) is 0. The van der Waals surface area contributed by atoms with Crippen molar-refractivity contribution < 1.29 is 18.0 Å². The molecule has 0 N–H and O–H groups in total. The van der Waals surface area contributed by atoms with E-state index in [1.54, 1.807) is 18.2 Å². The van der Waals surface area contributed by atoms with Gasteiger partial charge >= 0.3 is 6.18 Å². The molecule has 0 saturated heterocycles. The highest BCUT2D eigenvalue weighted by Crippen LogP contribution is 2.32. The fraction of sp³-hybridized carbons (Fsp3) is 0.0909. The molecular formula is C11H6F3IN2O. The van der Waals surface area contributed by atoms with E-state index in [9.17, 15) is 18.0 Å². The third kappa shape index (κ3) is 2.40. The number of hydrogen-bond acceptors (Lipinski definition) is 2. The lowest BCUT2D eigenvalue weighted by Crippen LogP contribution is -2.13. The summed E-state index contributed by atoms with van der Waals surface area (Å²) in [5.41, 5.74) is -0.922.